The fourth-order valence-corrected chi connectivity index (χ4v) is 5.26. The van der Waals surface area contributed by atoms with Crippen molar-refractivity contribution < 1.29 is 13.2 Å². The van der Waals surface area contributed by atoms with Crippen molar-refractivity contribution in [3.05, 3.63) is 40.9 Å². The Morgan fingerprint density at radius 3 is 2.65 bits per heavy atom. The highest BCUT2D eigenvalue weighted by Crippen LogP contribution is 2.42. The standard InChI is InChI=1S/C17H18N4O3S2/c22-15(18-17-20-19-16(25-17)13-5-6-13)9-4-12-2-7-14(8-3-12)21-10-1-11-26(21,23)24/h2-4,7-9,13H,1,5-6,10-11H2,(H,18,20,22)/b9-4+. The van der Waals surface area contributed by atoms with Crippen LogP contribution in [0.4, 0.5) is 10.8 Å². The Hall–Kier alpha value is -2.26. The number of nitrogens with one attached hydrogen (secondary N) is 1. The van der Waals surface area contributed by atoms with Gasteiger partial charge in [0.25, 0.3) is 0 Å². The van der Waals surface area contributed by atoms with Gasteiger partial charge in [0.05, 0.1) is 11.4 Å². The lowest BCUT2D eigenvalue weighted by molar-refractivity contribution is -0.111. The highest BCUT2D eigenvalue weighted by atomic mass is 32.2. The van der Waals surface area contributed by atoms with Crippen LogP contribution in [0.5, 0.6) is 0 Å². The van der Waals surface area contributed by atoms with Gasteiger partial charge in [0.2, 0.25) is 21.1 Å². The molecule has 2 aromatic rings. The fourth-order valence-electron chi connectivity index (χ4n) is 2.78. The minimum atomic E-state index is -3.17. The molecule has 1 aromatic carbocycles. The number of hydrogen-bond donors (Lipinski definition) is 1. The van der Waals surface area contributed by atoms with Gasteiger partial charge < -0.3 is 0 Å². The monoisotopic (exact) mass is 390 g/mol. The van der Waals surface area contributed by atoms with Crippen molar-refractivity contribution in [2.75, 3.05) is 21.9 Å². The summed E-state index contributed by atoms with van der Waals surface area (Å²) in [5.74, 6) is 0.449. The molecule has 7 nitrogen and oxygen atoms in total. The quantitative estimate of drug-likeness (QED) is 0.792. The van der Waals surface area contributed by atoms with E-state index in [1.54, 1.807) is 30.3 Å². The first-order chi connectivity index (χ1) is 12.5. The molecule has 0 bridgehead atoms. The predicted octanol–water partition coefficient (Wildman–Crippen LogP) is 2.61. The van der Waals surface area contributed by atoms with Crippen LogP contribution in [-0.2, 0) is 14.8 Å². The number of rotatable bonds is 5. The first kappa shape index (κ1) is 17.2. The maximum Gasteiger partial charge on any atom is 0.250 e. The molecule has 26 heavy (non-hydrogen) atoms. The Morgan fingerprint density at radius 1 is 1.23 bits per heavy atom. The van der Waals surface area contributed by atoms with E-state index in [0.717, 1.165) is 23.4 Å². The second-order valence-electron chi connectivity index (χ2n) is 6.38. The van der Waals surface area contributed by atoms with E-state index in [1.807, 2.05) is 0 Å². The van der Waals surface area contributed by atoms with Crippen LogP contribution in [-0.4, -0.2) is 36.8 Å². The normalized spacial score (nSPS) is 19.2. The topological polar surface area (TPSA) is 92.3 Å². The number of aromatic nitrogens is 2. The molecule has 1 aromatic heterocycles. The van der Waals surface area contributed by atoms with Crippen molar-refractivity contribution in [3.8, 4) is 0 Å². The van der Waals surface area contributed by atoms with Crippen LogP contribution in [0.1, 0.15) is 35.8 Å². The fraction of sp³-hybridized carbons (Fsp3) is 0.353. The number of carbonyl (C=O) groups is 1. The molecule has 9 heteroatoms. The second kappa shape index (κ2) is 6.81. The van der Waals surface area contributed by atoms with Gasteiger partial charge in [0.1, 0.15) is 5.01 Å². The molecule has 1 saturated heterocycles. The molecule has 0 atom stereocenters. The first-order valence-electron chi connectivity index (χ1n) is 8.44. The molecule has 2 aliphatic rings. The van der Waals surface area contributed by atoms with Crippen molar-refractivity contribution in [1.82, 2.24) is 10.2 Å². The van der Waals surface area contributed by atoms with Crippen molar-refractivity contribution >= 4 is 44.2 Å². The largest absolute Gasteiger partial charge is 0.297 e. The number of sulfonamides is 1. The van der Waals surface area contributed by atoms with Crippen LogP contribution in [0.2, 0.25) is 0 Å². The van der Waals surface area contributed by atoms with Crippen LogP contribution in [0.25, 0.3) is 6.08 Å². The minimum absolute atomic E-state index is 0.197. The molecule has 1 aliphatic carbocycles. The van der Waals surface area contributed by atoms with Gasteiger partial charge in [0, 0.05) is 18.5 Å². The summed E-state index contributed by atoms with van der Waals surface area (Å²) in [7, 11) is -3.17. The van der Waals surface area contributed by atoms with Crippen LogP contribution in [0.15, 0.2) is 30.3 Å². The smallest absolute Gasteiger partial charge is 0.250 e. The molecule has 4 rings (SSSR count). The van der Waals surface area contributed by atoms with Gasteiger partial charge >= 0.3 is 0 Å². The molecule has 1 amide bonds. The number of carbonyl (C=O) groups excluding carboxylic acids is 1. The summed E-state index contributed by atoms with van der Waals surface area (Å²) < 4.78 is 25.3. The molecule has 2 heterocycles. The number of benzene rings is 1. The summed E-state index contributed by atoms with van der Waals surface area (Å²) in [6.07, 6.45) is 6.06. The van der Waals surface area contributed by atoms with Crippen LogP contribution < -0.4 is 9.62 Å². The molecular weight excluding hydrogens is 372 g/mol. The van der Waals surface area contributed by atoms with E-state index in [-0.39, 0.29) is 11.7 Å². The molecule has 136 valence electrons. The zero-order valence-electron chi connectivity index (χ0n) is 14.0. The maximum atomic E-state index is 12.0. The maximum absolute atomic E-state index is 12.0. The molecule has 0 unspecified atom stereocenters. The summed E-state index contributed by atoms with van der Waals surface area (Å²) in [5.41, 5.74) is 1.47. The van der Waals surface area contributed by atoms with Gasteiger partial charge in [-0.05, 0) is 43.0 Å². The highest BCUT2D eigenvalue weighted by molar-refractivity contribution is 7.93. The van der Waals surface area contributed by atoms with Crippen LogP contribution >= 0.6 is 11.3 Å². The van der Waals surface area contributed by atoms with E-state index in [9.17, 15) is 13.2 Å². The summed E-state index contributed by atoms with van der Waals surface area (Å²) in [6, 6.07) is 7.10. The third-order valence-electron chi connectivity index (χ3n) is 4.30. The SMILES string of the molecule is O=C(/C=C/c1ccc(N2CCCS2(=O)=O)cc1)Nc1nnc(C2CC2)s1. The number of hydrogen-bond acceptors (Lipinski definition) is 6. The van der Waals surface area contributed by atoms with Crippen molar-refractivity contribution in [2.45, 2.75) is 25.2 Å². The second-order valence-corrected chi connectivity index (χ2v) is 9.40. The van der Waals surface area contributed by atoms with E-state index in [2.05, 4.69) is 15.5 Å². The van der Waals surface area contributed by atoms with Crippen molar-refractivity contribution in [3.63, 3.8) is 0 Å². The average molecular weight is 390 g/mol. The Balaban J connectivity index is 1.37. The van der Waals surface area contributed by atoms with Gasteiger partial charge in [-0.15, -0.1) is 10.2 Å². The Labute approximate surface area is 155 Å². The number of anilines is 2. The highest BCUT2D eigenvalue weighted by Gasteiger charge is 2.28. The molecule has 2 fully saturated rings. The lowest BCUT2D eigenvalue weighted by Crippen LogP contribution is -2.24. The zero-order chi connectivity index (χ0) is 18.1. The summed E-state index contributed by atoms with van der Waals surface area (Å²) in [5, 5.41) is 12.3. The Bertz CT molecular complexity index is 947. The average Bonchev–Trinajstić information content (AvgIpc) is 3.27. The van der Waals surface area contributed by atoms with E-state index in [1.165, 1.54) is 21.7 Å². The van der Waals surface area contributed by atoms with Crippen molar-refractivity contribution in [2.24, 2.45) is 0 Å². The van der Waals surface area contributed by atoms with E-state index in [4.69, 9.17) is 0 Å². The Morgan fingerprint density at radius 2 is 2.00 bits per heavy atom. The molecular formula is C17H18N4O3S2. The summed E-state index contributed by atoms with van der Waals surface area (Å²) in [4.78, 5) is 12.0. The molecule has 1 N–H and O–H groups in total. The van der Waals surface area contributed by atoms with Gasteiger partial charge in [-0.2, -0.15) is 0 Å². The van der Waals surface area contributed by atoms with Gasteiger partial charge in [-0.1, -0.05) is 23.5 Å². The van der Waals surface area contributed by atoms with E-state index >= 15 is 0 Å². The van der Waals surface area contributed by atoms with Crippen molar-refractivity contribution in [1.29, 1.82) is 0 Å². The molecule has 0 spiro atoms. The number of nitrogens with zero attached hydrogens (tertiary/aromatic N) is 3. The van der Waals surface area contributed by atoms with Gasteiger partial charge in [-0.25, -0.2) is 8.42 Å². The predicted molar refractivity (Wildman–Crippen MR) is 102 cm³/mol. The lowest BCUT2D eigenvalue weighted by atomic mass is 10.2. The molecule has 1 aliphatic heterocycles. The van der Waals surface area contributed by atoms with Crippen LogP contribution in [0.3, 0.4) is 0 Å². The first-order valence-corrected chi connectivity index (χ1v) is 10.9. The van der Waals surface area contributed by atoms with Crippen LogP contribution in [0, 0.1) is 0 Å². The summed E-state index contributed by atoms with van der Waals surface area (Å²) in [6.45, 7) is 0.518. The Kier molecular flexibility index (Phi) is 4.49. The third kappa shape index (κ3) is 3.78. The number of amides is 1. The van der Waals surface area contributed by atoms with Gasteiger partial charge in [0.15, 0.2) is 0 Å². The van der Waals surface area contributed by atoms with E-state index in [0.29, 0.717) is 29.7 Å². The molecule has 1 saturated carbocycles. The van der Waals surface area contributed by atoms with Gasteiger partial charge in [-0.3, -0.25) is 14.4 Å². The summed E-state index contributed by atoms with van der Waals surface area (Å²) >= 11 is 1.42. The zero-order valence-corrected chi connectivity index (χ0v) is 15.6. The third-order valence-corrected chi connectivity index (χ3v) is 7.18. The van der Waals surface area contributed by atoms with E-state index < -0.39 is 10.0 Å². The minimum Gasteiger partial charge on any atom is -0.297 e. The lowest BCUT2D eigenvalue weighted by Gasteiger charge is -2.16. The molecule has 0 radical (unpaired) electrons.